The molecule has 1 aromatic carbocycles. The van der Waals surface area contributed by atoms with Crippen LogP contribution in [-0.4, -0.2) is 9.91 Å². The number of halogens is 1. The first-order chi connectivity index (χ1) is 8.56. The number of pyridine rings is 1. The van der Waals surface area contributed by atoms with Gasteiger partial charge in [-0.25, -0.2) is 4.98 Å². The first kappa shape index (κ1) is 12.3. The Balaban J connectivity index is 2.39. The van der Waals surface area contributed by atoms with E-state index in [4.69, 9.17) is 16.3 Å². The summed E-state index contributed by atoms with van der Waals surface area (Å²) >= 11 is 5.72. The molecule has 0 aliphatic heterocycles. The second-order valence-corrected chi connectivity index (χ2v) is 4.02. The maximum absolute atomic E-state index is 10.9. The summed E-state index contributed by atoms with van der Waals surface area (Å²) in [6.07, 6.45) is 0. The fourth-order valence-corrected chi connectivity index (χ4v) is 1.57. The number of nitrogens with zero attached hydrogens (tertiary/aromatic N) is 2. The topological polar surface area (TPSA) is 65.3 Å². The van der Waals surface area contributed by atoms with E-state index in [0.29, 0.717) is 0 Å². The van der Waals surface area contributed by atoms with Gasteiger partial charge in [0.1, 0.15) is 5.15 Å². The molecule has 2 rings (SSSR count). The third kappa shape index (κ3) is 2.75. The van der Waals surface area contributed by atoms with Gasteiger partial charge in [-0.3, -0.25) is 10.1 Å². The van der Waals surface area contributed by atoms with Gasteiger partial charge in [0.25, 0.3) is 0 Å². The van der Waals surface area contributed by atoms with Crippen LogP contribution in [0.3, 0.4) is 0 Å². The molecule has 1 heterocycles. The monoisotopic (exact) mass is 264 g/mol. The summed E-state index contributed by atoms with van der Waals surface area (Å²) in [4.78, 5) is 14.3. The molecule has 18 heavy (non-hydrogen) atoms. The molecule has 0 aliphatic rings. The molecule has 0 unspecified atom stereocenters. The molecule has 0 bridgehead atoms. The minimum absolute atomic E-state index is 0.109. The molecule has 0 saturated carbocycles. The lowest BCUT2D eigenvalue weighted by molar-refractivity contribution is -0.385. The SMILES string of the molecule is Cc1ccc([N+](=O)[O-])c(Oc2cccc(Cl)n2)c1. The van der Waals surface area contributed by atoms with Crippen molar-refractivity contribution < 1.29 is 9.66 Å². The Hall–Kier alpha value is -2.14. The van der Waals surface area contributed by atoms with Crippen LogP contribution in [0.25, 0.3) is 0 Å². The van der Waals surface area contributed by atoms with E-state index in [0.717, 1.165) is 5.56 Å². The molecule has 0 spiro atoms. The van der Waals surface area contributed by atoms with Gasteiger partial charge in [-0.15, -0.1) is 0 Å². The van der Waals surface area contributed by atoms with Crippen LogP contribution in [0.2, 0.25) is 5.15 Å². The van der Waals surface area contributed by atoms with Gasteiger partial charge in [-0.2, -0.15) is 0 Å². The molecule has 1 aromatic heterocycles. The first-order valence-corrected chi connectivity index (χ1v) is 5.49. The summed E-state index contributed by atoms with van der Waals surface area (Å²) in [6, 6.07) is 9.47. The van der Waals surface area contributed by atoms with E-state index < -0.39 is 4.92 Å². The lowest BCUT2D eigenvalue weighted by Gasteiger charge is -2.06. The number of hydrogen-bond acceptors (Lipinski definition) is 4. The van der Waals surface area contributed by atoms with E-state index in [1.807, 2.05) is 6.92 Å². The van der Waals surface area contributed by atoms with Crippen molar-refractivity contribution in [2.75, 3.05) is 0 Å². The van der Waals surface area contributed by atoms with E-state index in [9.17, 15) is 10.1 Å². The van der Waals surface area contributed by atoms with Gasteiger partial charge in [0.2, 0.25) is 11.6 Å². The van der Waals surface area contributed by atoms with Crippen LogP contribution in [0.4, 0.5) is 5.69 Å². The molecular weight excluding hydrogens is 256 g/mol. The first-order valence-electron chi connectivity index (χ1n) is 5.12. The summed E-state index contributed by atoms with van der Waals surface area (Å²) in [6.45, 7) is 1.82. The fourth-order valence-electron chi connectivity index (χ4n) is 1.41. The van der Waals surface area contributed by atoms with Crippen molar-refractivity contribution in [1.29, 1.82) is 0 Å². The Morgan fingerprint density at radius 2 is 2.11 bits per heavy atom. The van der Waals surface area contributed by atoms with E-state index >= 15 is 0 Å². The number of aryl methyl sites for hydroxylation is 1. The van der Waals surface area contributed by atoms with E-state index in [1.54, 1.807) is 30.3 Å². The van der Waals surface area contributed by atoms with Crippen LogP contribution in [0.5, 0.6) is 11.6 Å². The summed E-state index contributed by atoms with van der Waals surface area (Å²) in [5.41, 5.74) is 0.750. The molecule has 0 atom stereocenters. The maximum Gasteiger partial charge on any atom is 0.311 e. The second-order valence-electron chi connectivity index (χ2n) is 3.63. The lowest BCUT2D eigenvalue weighted by Crippen LogP contribution is -1.95. The van der Waals surface area contributed by atoms with Crippen molar-refractivity contribution in [2.45, 2.75) is 6.92 Å². The van der Waals surface area contributed by atoms with Crippen molar-refractivity contribution in [2.24, 2.45) is 0 Å². The van der Waals surface area contributed by atoms with Crippen molar-refractivity contribution in [3.63, 3.8) is 0 Å². The Kier molecular flexibility index (Phi) is 3.43. The maximum atomic E-state index is 10.9. The van der Waals surface area contributed by atoms with Crippen LogP contribution < -0.4 is 4.74 Å². The highest BCUT2D eigenvalue weighted by molar-refractivity contribution is 6.29. The fraction of sp³-hybridized carbons (Fsp3) is 0.0833. The number of nitro benzene ring substituents is 1. The normalized spacial score (nSPS) is 10.1. The van der Waals surface area contributed by atoms with Crippen molar-refractivity contribution in [1.82, 2.24) is 4.98 Å². The van der Waals surface area contributed by atoms with Crippen LogP contribution in [-0.2, 0) is 0 Å². The number of ether oxygens (including phenoxy) is 1. The minimum atomic E-state index is -0.501. The summed E-state index contributed by atoms with van der Waals surface area (Å²) in [5, 5.41) is 11.1. The standard InChI is InChI=1S/C12H9ClN2O3/c1-8-5-6-9(15(16)17)10(7-8)18-12-4-2-3-11(13)14-12/h2-7H,1H3. The van der Waals surface area contributed by atoms with Gasteiger partial charge >= 0.3 is 5.69 Å². The van der Waals surface area contributed by atoms with E-state index in [2.05, 4.69) is 4.98 Å². The quantitative estimate of drug-likeness (QED) is 0.481. The zero-order valence-electron chi connectivity index (χ0n) is 9.46. The third-order valence-corrected chi connectivity index (χ3v) is 2.43. The predicted molar refractivity (Wildman–Crippen MR) is 67.2 cm³/mol. The van der Waals surface area contributed by atoms with Crippen LogP contribution in [0.1, 0.15) is 5.56 Å². The number of benzene rings is 1. The highest BCUT2D eigenvalue weighted by Gasteiger charge is 2.16. The highest BCUT2D eigenvalue weighted by Crippen LogP contribution is 2.31. The molecule has 0 N–H and O–H groups in total. The molecule has 0 saturated heterocycles. The Morgan fingerprint density at radius 3 is 2.78 bits per heavy atom. The van der Waals surface area contributed by atoms with E-state index in [1.165, 1.54) is 6.07 Å². The Labute approximate surface area is 108 Å². The Bertz CT molecular complexity index is 602. The molecule has 2 aromatic rings. The molecule has 0 fully saturated rings. The average Bonchev–Trinajstić information content (AvgIpc) is 2.28. The van der Waals surface area contributed by atoms with Gasteiger partial charge in [0.05, 0.1) is 4.92 Å². The molecule has 5 nitrogen and oxygen atoms in total. The van der Waals surface area contributed by atoms with Gasteiger partial charge < -0.3 is 4.74 Å². The zero-order chi connectivity index (χ0) is 13.1. The number of nitro groups is 1. The molecule has 0 aliphatic carbocycles. The van der Waals surface area contributed by atoms with Crippen LogP contribution >= 0.6 is 11.6 Å². The molecule has 6 heteroatoms. The Morgan fingerprint density at radius 1 is 1.33 bits per heavy atom. The van der Waals surface area contributed by atoms with Gasteiger partial charge in [-0.05, 0) is 24.6 Å². The van der Waals surface area contributed by atoms with Crippen molar-refractivity contribution >= 4 is 17.3 Å². The number of aromatic nitrogens is 1. The average molecular weight is 265 g/mol. The number of hydrogen-bond donors (Lipinski definition) is 0. The molecule has 92 valence electrons. The predicted octanol–water partition coefficient (Wildman–Crippen LogP) is 3.74. The minimum Gasteiger partial charge on any atom is -0.432 e. The lowest BCUT2D eigenvalue weighted by atomic mass is 10.2. The van der Waals surface area contributed by atoms with Gasteiger partial charge in [0.15, 0.2) is 0 Å². The summed E-state index contributed by atoms with van der Waals surface area (Å²) in [7, 11) is 0. The smallest absolute Gasteiger partial charge is 0.311 e. The van der Waals surface area contributed by atoms with Gasteiger partial charge in [-0.1, -0.05) is 23.7 Å². The molecule has 0 amide bonds. The van der Waals surface area contributed by atoms with Gasteiger partial charge in [0, 0.05) is 12.1 Å². The zero-order valence-corrected chi connectivity index (χ0v) is 10.2. The van der Waals surface area contributed by atoms with Crippen molar-refractivity contribution in [3.05, 3.63) is 57.2 Å². The van der Waals surface area contributed by atoms with E-state index in [-0.39, 0.29) is 22.5 Å². The largest absolute Gasteiger partial charge is 0.432 e. The highest BCUT2D eigenvalue weighted by atomic mass is 35.5. The van der Waals surface area contributed by atoms with Crippen molar-refractivity contribution in [3.8, 4) is 11.6 Å². The molecule has 0 radical (unpaired) electrons. The summed E-state index contributed by atoms with van der Waals surface area (Å²) in [5.74, 6) is 0.367. The van der Waals surface area contributed by atoms with Crippen LogP contribution in [0.15, 0.2) is 36.4 Å². The molecular formula is C12H9ClN2O3. The second kappa shape index (κ2) is 5.01. The summed E-state index contributed by atoms with van der Waals surface area (Å²) < 4.78 is 5.40. The third-order valence-electron chi connectivity index (χ3n) is 2.22. The van der Waals surface area contributed by atoms with Crippen LogP contribution in [0, 0.1) is 17.0 Å². The number of rotatable bonds is 3.